The summed E-state index contributed by atoms with van der Waals surface area (Å²) < 4.78 is 15.7. The van der Waals surface area contributed by atoms with Crippen LogP contribution in [-0.2, 0) is 28.6 Å². The van der Waals surface area contributed by atoms with E-state index in [9.17, 15) is 14.4 Å². The topological polar surface area (TPSA) is 78.9 Å². The lowest BCUT2D eigenvalue weighted by Crippen LogP contribution is -2.60. The molecule has 0 aromatic carbocycles. The van der Waals surface area contributed by atoms with Crippen LogP contribution in [0.1, 0.15) is 41.5 Å². The fourth-order valence-electron chi connectivity index (χ4n) is 2.23. The Morgan fingerprint density at radius 3 is 1.24 bits per heavy atom. The van der Waals surface area contributed by atoms with Crippen molar-refractivity contribution in [2.24, 2.45) is 0 Å². The Bertz CT molecular complexity index is 340. The molecule has 0 atom stereocenters. The molecule has 0 fully saturated rings. The van der Waals surface area contributed by atoms with Crippen molar-refractivity contribution in [3.8, 4) is 0 Å². The fraction of sp³-hybridized carbons (Fsp3) is 0.786. The molecule has 0 aliphatic carbocycles. The molecule has 0 aromatic heterocycles. The fourth-order valence-corrected chi connectivity index (χ4v) is 2.23. The van der Waals surface area contributed by atoms with E-state index in [2.05, 4.69) is 0 Å². The zero-order chi connectivity index (χ0) is 16.7. The summed E-state index contributed by atoms with van der Waals surface area (Å²) in [5.74, 6) is -4.11. The van der Waals surface area contributed by atoms with Gasteiger partial charge in [-0.1, -0.05) is 0 Å². The van der Waals surface area contributed by atoms with E-state index in [4.69, 9.17) is 14.2 Å². The highest BCUT2D eigenvalue weighted by Crippen LogP contribution is 2.23. The van der Waals surface area contributed by atoms with E-state index in [-0.39, 0.29) is 6.54 Å². The lowest BCUT2D eigenvalue weighted by molar-refractivity contribution is -0.935. The third-order valence-corrected chi connectivity index (χ3v) is 3.44. The number of rotatable bonds is 8. The summed E-state index contributed by atoms with van der Waals surface area (Å²) in [4.78, 5) is 34.1. The van der Waals surface area contributed by atoms with Gasteiger partial charge in [0.05, 0.1) is 19.6 Å². The lowest BCUT2D eigenvalue weighted by Gasteiger charge is -2.41. The second-order valence-electron chi connectivity index (χ2n) is 4.91. The summed E-state index contributed by atoms with van der Waals surface area (Å²) in [5, 5.41) is 0. The Balaban J connectivity index is 5.65. The highest BCUT2D eigenvalue weighted by molar-refractivity contribution is 5.70. The van der Waals surface area contributed by atoms with Gasteiger partial charge in [0.2, 0.25) is 6.54 Å². The molecule has 0 radical (unpaired) electrons. The van der Waals surface area contributed by atoms with Crippen LogP contribution in [0.5, 0.6) is 0 Å². The first-order valence-electron chi connectivity index (χ1n) is 7.08. The molecule has 0 heterocycles. The van der Waals surface area contributed by atoms with E-state index >= 15 is 0 Å². The number of carbonyl (C=O) groups excluding carboxylic acids is 3. The molecule has 0 aromatic rings. The van der Waals surface area contributed by atoms with Crippen LogP contribution in [0.2, 0.25) is 0 Å². The molecule has 0 unspecified atom stereocenters. The van der Waals surface area contributed by atoms with E-state index in [0.717, 1.165) is 0 Å². The van der Waals surface area contributed by atoms with Crippen LogP contribution in [0.4, 0.5) is 0 Å². The molecule has 21 heavy (non-hydrogen) atoms. The van der Waals surface area contributed by atoms with E-state index in [0.29, 0.717) is 24.1 Å². The highest BCUT2D eigenvalue weighted by atomic mass is 16.9. The van der Waals surface area contributed by atoms with E-state index in [1.165, 1.54) is 20.8 Å². The SMILES string of the molecule is CC[N+](CC)(CC)CC(OC(C)=O)(OC(C)=O)OC(C)=O. The zero-order valence-electron chi connectivity index (χ0n) is 13.7. The number of nitrogens with zero attached hydrogens (tertiary/aromatic N) is 1. The van der Waals surface area contributed by atoms with Gasteiger partial charge in [-0.05, 0) is 20.8 Å². The van der Waals surface area contributed by atoms with Crippen LogP contribution < -0.4 is 0 Å². The summed E-state index contributed by atoms with van der Waals surface area (Å²) in [6.07, 6.45) is 0. The second-order valence-corrected chi connectivity index (χ2v) is 4.91. The molecule has 0 bridgehead atoms. The summed E-state index contributed by atoms with van der Waals surface area (Å²) in [6.45, 7) is 11.6. The maximum Gasteiger partial charge on any atom is 0.476 e. The molecule has 0 spiro atoms. The van der Waals surface area contributed by atoms with Gasteiger partial charge < -0.3 is 18.7 Å². The predicted molar refractivity (Wildman–Crippen MR) is 74.8 cm³/mol. The monoisotopic (exact) mass is 304 g/mol. The van der Waals surface area contributed by atoms with Gasteiger partial charge in [0, 0.05) is 20.8 Å². The normalized spacial score (nSPS) is 11.7. The smallest absolute Gasteiger partial charge is 0.384 e. The maximum absolute atomic E-state index is 11.4. The quantitative estimate of drug-likeness (QED) is 0.381. The average Bonchev–Trinajstić information content (AvgIpc) is 2.33. The second kappa shape index (κ2) is 7.97. The molecule has 0 amide bonds. The van der Waals surface area contributed by atoms with Crippen molar-refractivity contribution in [2.75, 3.05) is 26.2 Å². The molecule has 0 N–H and O–H groups in total. The number of quaternary nitrogens is 1. The molecule has 7 heteroatoms. The molecule has 0 saturated heterocycles. The largest absolute Gasteiger partial charge is 0.476 e. The van der Waals surface area contributed by atoms with Crippen LogP contribution in [-0.4, -0.2) is 54.5 Å². The van der Waals surface area contributed by atoms with Crippen molar-refractivity contribution >= 4 is 17.9 Å². The van der Waals surface area contributed by atoms with Crippen LogP contribution >= 0.6 is 0 Å². The Morgan fingerprint density at radius 1 is 0.762 bits per heavy atom. The number of esters is 3. The van der Waals surface area contributed by atoms with Gasteiger partial charge >= 0.3 is 23.9 Å². The van der Waals surface area contributed by atoms with E-state index in [1.807, 2.05) is 20.8 Å². The van der Waals surface area contributed by atoms with Crippen molar-refractivity contribution in [1.82, 2.24) is 0 Å². The number of carbonyl (C=O) groups is 3. The number of ether oxygens (including phenoxy) is 3. The van der Waals surface area contributed by atoms with Gasteiger partial charge in [-0.15, -0.1) is 0 Å². The Hall–Kier alpha value is -1.63. The Morgan fingerprint density at radius 2 is 1.05 bits per heavy atom. The van der Waals surface area contributed by atoms with Gasteiger partial charge in [-0.3, -0.25) is 14.4 Å². The Kier molecular flexibility index (Phi) is 7.35. The van der Waals surface area contributed by atoms with Crippen molar-refractivity contribution in [2.45, 2.75) is 47.5 Å². The van der Waals surface area contributed by atoms with Crippen molar-refractivity contribution < 1.29 is 33.1 Å². The van der Waals surface area contributed by atoms with Crippen LogP contribution in [0, 0.1) is 0 Å². The standard InChI is InChI=1S/C14H26NO6/c1-7-15(8-2,9-3)10-14(19-11(4)16,20-12(5)17)21-13(6)18/h7-10H2,1-6H3/q+1. The summed E-state index contributed by atoms with van der Waals surface area (Å²) >= 11 is 0. The van der Waals surface area contributed by atoms with Gasteiger partial charge in [0.15, 0.2) is 0 Å². The highest BCUT2D eigenvalue weighted by Gasteiger charge is 2.49. The first-order valence-corrected chi connectivity index (χ1v) is 7.08. The van der Waals surface area contributed by atoms with Crippen molar-refractivity contribution in [3.05, 3.63) is 0 Å². The lowest BCUT2D eigenvalue weighted by atomic mass is 10.3. The van der Waals surface area contributed by atoms with Crippen LogP contribution in [0.25, 0.3) is 0 Å². The molecule has 0 rings (SSSR count). The zero-order valence-corrected chi connectivity index (χ0v) is 13.7. The van der Waals surface area contributed by atoms with E-state index in [1.54, 1.807) is 0 Å². The minimum Gasteiger partial charge on any atom is -0.384 e. The first kappa shape index (κ1) is 19.4. The third kappa shape index (κ3) is 6.12. The van der Waals surface area contributed by atoms with Crippen LogP contribution in [0.15, 0.2) is 0 Å². The molecule has 7 nitrogen and oxygen atoms in total. The van der Waals surface area contributed by atoms with Gasteiger partial charge in [0.25, 0.3) is 0 Å². The molecular formula is C14H26NO6+. The first-order chi connectivity index (χ1) is 9.64. The van der Waals surface area contributed by atoms with E-state index < -0.39 is 23.9 Å². The Labute approximate surface area is 125 Å². The van der Waals surface area contributed by atoms with Crippen molar-refractivity contribution in [3.63, 3.8) is 0 Å². The number of likely N-dealkylation sites (N-methyl/N-ethyl adjacent to an activating group) is 1. The van der Waals surface area contributed by atoms with Gasteiger partial charge in [-0.2, -0.15) is 0 Å². The summed E-state index contributed by atoms with van der Waals surface area (Å²) in [5.41, 5.74) is 0. The molecule has 0 aliphatic rings. The van der Waals surface area contributed by atoms with Gasteiger partial charge in [0.1, 0.15) is 0 Å². The maximum atomic E-state index is 11.4. The number of hydrogen-bond acceptors (Lipinski definition) is 6. The van der Waals surface area contributed by atoms with Crippen LogP contribution in [0.3, 0.4) is 0 Å². The third-order valence-electron chi connectivity index (χ3n) is 3.44. The molecule has 0 aliphatic heterocycles. The number of hydrogen-bond donors (Lipinski definition) is 0. The summed E-state index contributed by atoms with van der Waals surface area (Å²) in [7, 11) is 0. The van der Waals surface area contributed by atoms with Crippen molar-refractivity contribution in [1.29, 1.82) is 0 Å². The molecular weight excluding hydrogens is 278 g/mol. The molecule has 122 valence electrons. The minimum absolute atomic E-state index is 0.0508. The average molecular weight is 304 g/mol. The predicted octanol–water partition coefficient (Wildman–Crippen LogP) is 1.21. The van der Waals surface area contributed by atoms with Gasteiger partial charge in [-0.25, -0.2) is 0 Å². The minimum atomic E-state index is -2.02. The summed E-state index contributed by atoms with van der Waals surface area (Å²) in [6, 6.07) is 0. The molecule has 0 saturated carbocycles.